The molecule has 1 N–H and O–H groups in total. The standard InChI is InChI=1S/C12H18N4/c1-8-2-10-3-9(1)5-12(4-8,6-10)7-11-13-15-16-14-11/h8-10H,1-7H2,(H,13,14,15,16). The molecule has 4 bridgehead atoms. The van der Waals surface area contributed by atoms with Crippen LogP contribution in [0.1, 0.15) is 44.3 Å². The molecule has 1 heterocycles. The summed E-state index contributed by atoms with van der Waals surface area (Å²) in [6.07, 6.45) is 9.85. The van der Waals surface area contributed by atoms with Gasteiger partial charge in [-0.3, -0.25) is 0 Å². The summed E-state index contributed by atoms with van der Waals surface area (Å²) in [6.45, 7) is 0. The van der Waals surface area contributed by atoms with Crippen LogP contribution in [0.3, 0.4) is 0 Å². The quantitative estimate of drug-likeness (QED) is 0.825. The van der Waals surface area contributed by atoms with Gasteiger partial charge in [-0.2, -0.15) is 5.21 Å². The SMILES string of the molecule is C1C2CC3CC1CC(Cc1nn[nH]n1)(C2)C3. The monoisotopic (exact) mass is 218 g/mol. The summed E-state index contributed by atoms with van der Waals surface area (Å²) < 4.78 is 0. The van der Waals surface area contributed by atoms with Gasteiger partial charge in [0.05, 0.1) is 0 Å². The molecule has 5 rings (SSSR count). The smallest absolute Gasteiger partial charge is 0.175 e. The van der Waals surface area contributed by atoms with E-state index in [1.807, 2.05) is 0 Å². The molecule has 4 heteroatoms. The fourth-order valence-corrected chi connectivity index (χ4v) is 5.10. The molecule has 0 aromatic carbocycles. The van der Waals surface area contributed by atoms with Gasteiger partial charge < -0.3 is 0 Å². The zero-order valence-electron chi connectivity index (χ0n) is 9.52. The van der Waals surface area contributed by atoms with Crippen LogP contribution in [0.15, 0.2) is 0 Å². The highest BCUT2D eigenvalue weighted by Crippen LogP contribution is 2.60. The summed E-state index contributed by atoms with van der Waals surface area (Å²) in [5, 5.41) is 14.6. The second-order valence-electron chi connectivity index (χ2n) is 6.42. The molecule has 16 heavy (non-hydrogen) atoms. The molecule has 0 aliphatic heterocycles. The van der Waals surface area contributed by atoms with Crippen molar-refractivity contribution < 1.29 is 0 Å². The molecule has 0 spiro atoms. The topological polar surface area (TPSA) is 54.5 Å². The minimum Gasteiger partial charge on any atom is -0.177 e. The predicted octanol–water partition coefficient (Wildman–Crippen LogP) is 1.96. The first-order chi connectivity index (χ1) is 7.81. The summed E-state index contributed by atoms with van der Waals surface area (Å²) in [5.41, 5.74) is 0.540. The fourth-order valence-electron chi connectivity index (χ4n) is 5.10. The number of aromatic nitrogens is 4. The Morgan fingerprint density at radius 1 is 1.06 bits per heavy atom. The Morgan fingerprint density at radius 2 is 1.69 bits per heavy atom. The van der Waals surface area contributed by atoms with Crippen molar-refractivity contribution >= 4 is 0 Å². The van der Waals surface area contributed by atoms with Crippen molar-refractivity contribution in [2.75, 3.05) is 0 Å². The maximum absolute atomic E-state index is 4.15. The number of nitrogens with zero attached hydrogens (tertiary/aromatic N) is 3. The lowest BCUT2D eigenvalue weighted by atomic mass is 9.49. The van der Waals surface area contributed by atoms with Crippen LogP contribution in [0.2, 0.25) is 0 Å². The summed E-state index contributed by atoms with van der Waals surface area (Å²) in [5.74, 6) is 3.97. The highest BCUT2D eigenvalue weighted by Gasteiger charge is 2.51. The van der Waals surface area contributed by atoms with Crippen LogP contribution in [-0.4, -0.2) is 20.6 Å². The van der Waals surface area contributed by atoms with Crippen molar-refractivity contribution in [1.82, 2.24) is 20.6 Å². The van der Waals surface area contributed by atoms with Crippen LogP contribution in [0.25, 0.3) is 0 Å². The van der Waals surface area contributed by atoms with E-state index in [0.717, 1.165) is 30.0 Å². The van der Waals surface area contributed by atoms with Crippen LogP contribution in [0.4, 0.5) is 0 Å². The summed E-state index contributed by atoms with van der Waals surface area (Å²) in [7, 11) is 0. The molecule has 0 saturated heterocycles. The molecule has 0 radical (unpaired) electrons. The Bertz CT molecular complexity index is 348. The van der Waals surface area contributed by atoms with Crippen LogP contribution in [0, 0.1) is 23.2 Å². The van der Waals surface area contributed by atoms with Gasteiger partial charge in [-0.05, 0) is 61.7 Å². The number of H-pyrrole nitrogens is 1. The summed E-state index contributed by atoms with van der Waals surface area (Å²) >= 11 is 0. The van der Waals surface area contributed by atoms with E-state index in [2.05, 4.69) is 20.6 Å². The van der Waals surface area contributed by atoms with Gasteiger partial charge in [-0.25, -0.2) is 0 Å². The fraction of sp³-hybridized carbons (Fsp3) is 0.917. The zero-order chi connectivity index (χ0) is 10.6. The molecular formula is C12H18N4. The maximum atomic E-state index is 4.15. The van der Waals surface area contributed by atoms with Gasteiger partial charge >= 0.3 is 0 Å². The average Bonchev–Trinajstić information content (AvgIpc) is 2.66. The Labute approximate surface area is 95.2 Å². The van der Waals surface area contributed by atoms with Gasteiger partial charge in [0.2, 0.25) is 0 Å². The molecule has 0 unspecified atom stereocenters. The van der Waals surface area contributed by atoms with Crippen LogP contribution >= 0.6 is 0 Å². The van der Waals surface area contributed by atoms with E-state index in [4.69, 9.17) is 0 Å². The van der Waals surface area contributed by atoms with E-state index in [-0.39, 0.29) is 0 Å². The minimum atomic E-state index is 0.540. The van der Waals surface area contributed by atoms with Crippen LogP contribution in [0.5, 0.6) is 0 Å². The lowest BCUT2D eigenvalue weighted by Crippen LogP contribution is -2.47. The Balaban J connectivity index is 1.62. The van der Waals surface area contributed by atoms with E-state index < -0.39 is 0 Å². The van der Waals surface area contributed by atoms with Crippen molar-refractivity contribution in [3.8, 4) is 0 Å². The molecule has 1 aromatic rings. The van der Waals surface area contributed by atoms with Gasteiger partial charge in [0.25, 0.3) is 0 Å². The van der Waals surface area contributed by atoms with Gasteiger partial charge in [0.15, 0.2) is 5.82 Å². The molecular weight excluding hydrogens is 200 g/mol. The Hall–Kier alpha value is -0.930. The lowest BCUT2D eigenvalue weighted by molar-refractivity contribution is -0.0531. The molecule has 4 fully saturated rings. The first-order valence-corrected chi connectivity index (χ1v) is 6.54. The number of hydrogen-bond donors (Lipinski definition) is 1. The number of aromatic amines is 1. The molecule has 4 saturated carbocycles. The molecule has 0 amide bonds. The Morgan fingerprint density at radius 3 is 2.19 bits per heavy atom. The van der Waals surface area contributed by atoms with Crippen molar-refractivity contribution in [3.05, 3.63) is 5.82 Å². The highest BCUT2D eigenvalue weighted by molar-refractivity contribution is 5.04. The predicted molar refractivity (Wildman–Crippen MR) is 58.5 cm³/mol. The maximum Gasteiger partial charge on any atom is 0.175 e. The van der Waals surface area contributed by atoms with Crippen LogP contribution in [-0.2, 0) is 6.42 Å². The first-order valence-electron chi connectivity index (χ1n) is 6.54. The normalized spacial score (nSPS) is 45.1. The second kappa shape index (κ2) is 3.05. The minimum absolute atomic E-state index is 0.540. The lowest BCUT2D eigenvalue weighted by Gasteiger charge is -2.56. The largest absolute Gasteiger partial charge is 0.177 e. The summed E-state index contributed by atoms with van der Waals surface area (Å²) in [6, 6.07) is 0. The number of nitrogens with one attached hydrogen (secondary N) is 1. The van der Waals surface area contributed by atoms with Crippen LogP contribution < -0.4 is 0 Å². The first kappa shape index (κ1) is 9.14. The van der Waals surface area contributed by atoms with Crippen molar-refractivity contribution in [3.63, 3.8) is 0 Å². The van der Waals surface area contributed by atoms with E-state index >= 15 is 0 Å². The van der Waals surface area contributed by atoms with Gasteiger partial charge in [0, 0.05) is 6.42 Å². The molecule has 4 aliphatic carbocycles. The third-order valence-electron chi connectivity index (χ3n) is 5.09. The van der Waals surface area contributed by atoms with Gasteiger partial charge in [0.1, 0.15) is 0 Å². The molecule has 4 nitrogen and oxygen atoms in total. The van der Waals surface area contributed by atoms with Crippen molar-refractivity contribution in [2.45, 2.75) is 44.9 Å². The molecule has 1 aromatic heterocycles. The van der Waals surface area contributed by atoms with E-state index in [1.165, 1.54) is 38.5 Å². The zero-order valence-corrected chi connectivity index (χ0v) is 9.52. The van der Waals surface area contributed by atoms with Crippen molar-refractivity contribution in [1.29, 1.82) is 0 Å². The van der Waals surface area contributed by atoms with Gasteiger partial charge in [-0.15, -0.1) is 10.2 Å². The Kier molecular flexibility index (Phi) is 1.74. The summed E-state index contributed by atoms with van der Waals surface area (Å²) in [4.78, 5) is 0. The third-order valence-corrected chi connectivity index (χ3v) is 5.09. The second-order valence-corrected chi connectivity index (χ2v) is 6.42. The number of hydrogen-bond acceptors (Lipinski definition) is 3. The van der Waals surface area contributed by atoms with Crippen molar-refractivity contribution in [2.24, 2.45) is 23.2 Å². The molecule has 86 valence electrons. The highest BCUT2D eigenvalue weighted by atomic mass is 15.5. The number of tetrazole rings is 1. The van der Waals surface area contributed by atoms with Gasteiger partial charge in [-0.1, -0.05) is 5.21 Å². The van der Waals surface area contributed by atoms with E-state index in [9.17, 15) is 0 Å². The molecule has 0 atom stereocenters. The van der Waals surface area contributed by atoms with E-state index in [1.54, 1.807) is 0 Å². The average molecular weight is 218 g/mol. The van der Waals surface area contributed by atoms with E-state index in [0.29, 0.717) is 5.41 Å². The number of rotatable bonds is 2. The third kappa shape index (κ3) is 1.31. The molecule has 4 aliphatic rings.